The van der Waals surface area contributed by atoms with E-state index in [1.807, 2.05) is 0 Å². The van der Waals surface area contributed by atoms with Crippen LogP contribution in [0.3, 0.4) is 0 Å². The molecule has 0 unspecified atom stereocenters. The molecule has 0 bridgehead atoms. The molecule has 0 aliphatic rings. The van der Waals surface area contributed by atoms with Gasteiger partial charge >= 0.3 is 0 Å². The van der Waals surface area contributed by atoms with Crippen molar-refractivity contribution in [2.75, 3.05) is 4.90 Å². The first-order valence-electron chi connectivity index (χ1n) is 8.16. The van der Waals surface area contributed by atoms with Crippen molar-refractivity contribution in [2.24, 2.45) is 0 Å². The number of hydrogen-bond acceptors (Lipinski definition) is 1. The van der Waals surface area contributed by atoms with Crippen LogP contribution < -0.4 is 4.90 Å². The molecule has 0 radical (unpaired) electrons. The van der Waals surface area contributed by atoms with Crippen LogP contribution in [0.25, 0.3) is 0 Å². The van der Waals surface area contributed by atoms with Gasteiger partial charge < -0.3 is 0 Å². The molecule has 0 aromatic heterocycles. The lowest BCUT2D eigenvalue weighted by molar-refractivity contribution is 0.568. The molecule has 0 aliphatic carbocycles. The lowest BCUT2D eigenvalue weighted by atomic mass is 10.1. The van der Waals surface area contributed by atoms with E-state index in [2.05, 4.69) is 0 Å². The SMILES string of the molecule is Cc1cc(F)c(N(c2ccc(C)c(F)c2)c2c(F)cc(C)cc2F)c(F)c1. The van der Waals surface area contributed by atoms with Crippen LogP contribution in [-0.2, 0) is 0 Å². The van der Waals surface area contributed by atoms with E-state index in [0.717, 1.165) is 35.2 Å². The molecule has 0 spiro atoms. The second kappa shape index (κ2) is 7.02. The molecular weight excluding hydrogens is 361 g/mol. The summed E-state index contributed by atoms with van der Waals surface area (Å²) in [5.74, 6) is -4.75. The number of nitrogens with zero attached hydrogens (tertiary/aromatic N) is 1. The van der Waals surface area contributed by atoms with E-state index < -0.39 is 40.5 Å². The summed E-state index contributed by atoms with van der Waals surface area (Å²) in [6, 6.07) is 7.86. The first-order valence-corrected chi connectivity index (χ1v) is 8.16. The summed E-state index contributed by atoms with van der Waals surface area (Å²) < 4.78 is 72.6. The molecule has 0 heterocycles. The number of anilines is 3. The molecule has 6 heteroatoms. The van der Waals surface area contributed by atoms with Crippen LogP contribution in [-0.4, -0.2) is 0 Å². The zero-order valence-corrected chi connectivity index (χ0v) is 14.9. The second-order valence-corrected chi connectivity index (χ2v) is 6.42. The third-order valence-corrected chi connectivity index (χ3v) is 4.18. The van der Waals surface area contributed by atoms with Crippen molar-refractivity contribution in [3.05, 3.63) is 88.2 Å². The highest BCUT2D eigenvalue weighted by Crippen LogP contribution is 2.41. The highest BCUT2D eigenvalue weighted by atomic mass is 19.1. The zero-order valence-electron chi connectivity index (χ0n) is 14.9. The number of benzene rings is 3. The average molecular weight is 377 g/mol. The molecule has 0 amide bonds. The Morgan fingerprint density at radius 1 is 0.556 bits per heavy atom. The van der Waals surface area contributed by atoms with Crippen LogP contribution >= 0.6 is 0 Å². The van der Waals surface area contributed by atoms with Crippen molar-refractivity contribution in [2.45, 2.75) is 20.8 Å². The van der Waals surface area contributed by atoms with Gasteiger partial charge in [0.25, 0.3) is 0 Å². The molecule has 0 fully saturated rings. The summed E-state index contributed by atoms with van der Waals surface area (Å²) in [6.45, 7) is 4.47. The molecule has 0 atom stereocenters. The van der Waals surface area contributed by atoms with E-state index in [-0.39, 0.29) is 11.3 Å². The summed E-state index contributed by atoms with van der Waals surface area (Å²) >= 11 is 0. The van der Waals surface area contributed by atoms with E-state index >= 15 is 0 Å². The molecule has 0 aliphatic heterocycles. The first-order chi connectivity index (χ1) is 12.7. The average Bonchev–Trinajstić information content (AvgIpc) is 2.54. The van der Waals surface area contributed by atoms with E-state index in [9.17, 15) is 22.0 Å². The van der Waals surface area contributed by atoms with Crippen molar-refractivity contribution >= 4 is 17.1 Å². The second-order valence-electron chi connectivity index (χ2n) is 6.42. The summed E-state index contributed by atoms with van der Waals surface area (Å²) in [4.78, 5) is 0.719. The number of halogens is 5. The molecule has 0 N–H and O–H groups in total. The molecule has 0 saturated carbocycles. The molecule has 1 nitrogen and oxygen atoms in total. The Labute approximate surface area is 153 Å². The minimum atomic E-state index is -1.02. The monoisotopic (exact) mass is 377 g/mol. The van der Waals surface area contributed by atoms with Gasteiger partial charge in [-0.25, -0.2) is 22.0 Å². The maximum atomic E-state index is 14.6. The molecule has 140 valence electrons. The van der Waals surface area contributed by atoms with E-state index in [1.165, 1.54) is 32.9 Å². The third kappa shape index (κ3) is 3.52. The van der Waals surface area contributed by atoms with Crippen molar-refractivity contribution in [1.29, 1.82) is 0 Å². The third-order valence-electron chi connectivity index (χ3n) is 4.18. The van der Waals surface area contributed by atoms with E-state index in [0.29, 0.717) is 11.1 Å². The Morgan fingerprint density at radius 2 is 0.963 bits per heavy atom. The van der Waals surface area contributed by atoms with Gasteiger partial charge in [0.05, 0.1) is 0 Å². The lowest BCUT2D eigenvalue weighted by Crippen LogP contribution is -2.17. The van der Waals surface area contributed by atoms with Gasteiger partial charge in [-0.15, -0.1) is 0 Å². The number of hydrogen-bond donors (Lipinski definition) is 0. The van der Waals surface area contributed by atoms with Crippen molar-refractivity contribution < 1.29 is 22.0 Å². The predicted octanol–water partition coefficient (Wildman–Crippen LogP) is 6.78. The Hall–Kier alpha value is -2.89. The Morgan fingerprint density at radius 3 is 1.33 bits per heavy atom. The van der Waals surface area contributed by atoms with Crippen LogP contribution in [0.1, 0.15) is 16.7 Å². The van der Waals surface area contributed by atoms with Gasteiger partial charge in [0.15, 0.2) is 0 Å². The van der Waals surface area contributed by atoms with Crippen LogP contribution in [0.15, 0.2) is 42.5 Å². The fraction of sp³-hybridized carbons (Fsp3) is 0.143. The molecule has 3 aromatic carbocycles. The van der Waals surface area contributed by atoms with E-state index in [1.54, 1.807) is 0 Å². The molecule has 27 heavy (non-hydrogen) atoms. The van der Waals surface area contributed by atoms with Gasteiger partial charge in [0.1, 0.15) is 40.5 Å². The zero-order chi connectivity index (χ0) is 19.9. The minimum absolute atomic E-state index is 0.110. The number of rotatable bonds is 3. The highest BCUT2D eigenvalue weighted by Gasteiger charge is 2.27. The fourth-order valence-electron chi connectivity index (χ4n) is 2.90. The van der Waals surface area contributed by atoms with Gasteiger partial charge in [0.2, 0.25) is 0 Å². The largest absolute Gasteiger partial charge is 0.300 e. The Kier molecular flexibility index (Phi) is 4.91. The normalized spacial score (nSPS) is 11.0. The van der Waals surface area contributed by atoms with Gasteiger partial charge in [-0.05, 0) is 73.9 Å². The van der Waals surface area contributed by atoms with Crippen molar-refractivity contribution in [1.82, 2.24) is 0 Å². The molecule has 0 saturated heterocycles. The topological polar surface area (TPSA) is 3.24 Å². The van der Waals surface area contributed by atoms with Crippen LogP contribution in [0.5, 0.6) is 0 Å². The maximum absolute atomic E-state index is 14.6. The summed E-state index contributed by atoms with van der Waals surface area (Å²) in [7, 11) is 0. The van der Waals surface area contributed by atoms with Gasteiger partial charge in [-0.1, -0.05) is 6.07 Å². The molecule has 3 aromatic rings. The quantitative estimate of drug-likeness (QED) is 0.455. The van der Waals surface area contributed by atoms with E-state index in [4.69, 9.17) is 0 Å². The minimum Gasteiger partial charge on any atom is -0.300 e. The van der Waals surface area contributed by atoms with Gasteiger partial charge in [-0.3, -0.25) is 4.90 Å². The molecular formula is C21H16F5N. The predicted molar refractivity (Wildman–Crippen MR) is 95.1 cm³/mol. The lowest BCUT2D eigenvalue weighted by Gasteiger charge is -2.27. The van der Waals surface area contributed by atoms with Crippen molar-refractivity contribution in [3.8, 4) is 0 Å². The smallest absolute Gasteiger partial charge is 0.150 e. The summed E-state index contributed by atoms with van der Waals surface area (Å²) in [6.07, 6.45) is 0. The standard InChI is InChI=1S/C21H16F5N/c1-11-6-16(23)20(17(24)7-11)27(14-5-4-13(3)15(22)10-14)21-18(25)8-12(2)9-19(21)26/h4-10H,1-3H3. The maximum Gasteiger partial charge on any atom is 0.150 e. The summed E-state index contributed by atoms with van der Waals surface area (Å²) in [5.41, 5.74) is -0.604. The van der Waals surface area contributed by atoms with Gasteiger partial charge in [0, 0.05) is 5.69 Å². The van der Waals surface area contributed by atoms with Crippen LogP contribution in [0.2, 0.25) is 0 Å². The fourth-order valence-corrected chi connectivity index (χ4v) is 2.90. The Bertz CT molecular complexity index is 926. The Balaban J connectivity index is 2.37. The molecule has 3 rings (SSSR count). The highest BCUT2D eigenvalue weighted by molar-refractivity contribution is 5.78. The summed E-state index contributed by atoms with van der Waals surface area (Å²) in [5, 5.41) is 0. The number of aryl methyl sites for hydroxylation is 3. The van der Waals surface area contributed by atoms with Crippen molar-refractivity contribution in [3.63, 3.8) is 0 Å². The van der Waals surface area contributed by atoms with Crippen LogP contribution in [0.4, 0.5) is 39.0 Å². The van der Waals surface area contributed by atoms with Gasteiger partial charge in [-0.2, -0.15) is 0 Å². The van der Waals surface area contributed by atoms with Crippen LogP contribution in [0, 0.1) is 49.9 Å². The first kappa shape index (κ1) is 18.9.